The number of fused-ring (bicyclic) bond motifs is 1. The van der Waals surface area contributed by atoms with Crippen molar-refractivity contribution >= 4 is 38.6 Å². The monoisotopic (exact) mass is 326 g/mol. The molecule has 1 aromatic heterocycles. The summed E-state index contributed by atoms with van der Waals surface area (Å²) in [6.07, 6.45) is -0.999. The van der Waals surface area contributed by atoms with E-state index in [1.165, 1.54) is 18.3 Å². The van der Waals surface area contributed by atoms with Crippen LogP contribution in [0.3, 0.4) is 0 Å². The smallest absolute Gasteiger partial charge is 0.303 e. The molecule has 23 heavy (non-hydrogen) atoms. The molecule has 0 saturated heterocycles. The highest BCUT2D eigenvalue weighted by molar-refractivity contribution is 7.22. The molecule has 1 heterocycles. The van der Waals surface area contributed by atoms with Gasteiger partial charge in [-0.1, -0.05) is 53.8 Å². The highest BCUT2D eigenvalue weighted by Gasteiger charge is 2.24. The molecule has 1 amide bonds. The van der Waals surface area contributed by atoms with Crippen LogP contribution in [0, 0.1) is 0 Å². The number of benzene rings is 2. The maximum atomic E-state index is 12.5. The number of esters is 1. The number of ether oxygens (including phenoxy) is 1. The van der Waals surface area contributed by atoms with Crippen molar-refractivity contribution in [1.82, 2.24) is 4.98 Å². The molecule has 6 heteroatoms. The van der Waals surface area contributed by atoms with E-state index < -0.39 is 18.0 Å². The first-order valence-corrected chi connectivity index (χ1v) is 7.84. The number of para-hydroxylation sites is 1. The van der Waals surface area contributed by atoms with Crippen LogP contribution in [0.5, 0.6) is 0 Å². The first kappa shape index (κ1) is 15.2. The molecule has 0 aliphatic carbocycles. The Kier molecular flexibility index (Phi) is 4.34. The number of nitrogens with zero attached hydrogens (tertiary/aromatic N) is 1. The van der Waals surface area contributed by atoms with Gasteiger partial charge in [0.05, 0.1) is 10.2 Å². The number of hydrogen-bond acceptors (Lipinski definition) is 5. The molecule has 1 atom stereocenters. The predicted octanol–water partition coefficient (Wildman–Crippen LogP) is 3.54. The quantitative estimate of drug-likeness (QED) is 0.745. The summed E-state index contributed by atoms with van der Waals surface area (Å²) in [5.41, 5.74) is 1.43. The molecule has 0 radical (unpaired) electrons. The molecule has 3 aromatic rings. The van der Waals surface area contributed by atoms with Gasteiger partial charge in [0.15, 0.2) is 5.13 Å². The minimum absolute atomic E-state index is 0.426. The first-order chi connectivity index (χ1) is 11.1. The fourth-order valence-electron chi connectivity index (χ4n) is 2.16. The Morgan fingerprint density at radius 3 is 2.48 bits per heavy atom. The average molecular weight is 326 g/mol. The topological polar surface area (TPSA) is 68.3 Å². The Bertz CT molecular complexity index is 812. The van der Waals surface area contributed by atoms with Gasteiger partial charge in [-0.3, -0.25) is 14.9 Å². The first-order valence-electron chi connectivity index (χ1n) is 7.02. The maximum absolute atomic E-state index is 12.5. The zero-order chi connectivity index (χ0) is 16.2. The van der Waals surface area contributed by atoms with Crippen LogP contribution in [0.25, 0.3) is 10.2 Å². The molecule has 0 aliphatic heterocycles. The van der Waals surface area contributed by atoms with Gasteiger partial charge in [-0.05, 0) is 12.1 Å². The predicted molar refractivity (Wildman–Crippen MR) is 89.2 cm³/mol. The zero-order valence-corrected chi connectivity index (χ0v) is 13.2. The third-order valence-corrected chi connectivity index (χ3v) is 4.10. The van der Waals surface area contributed by atoms with Crippen LogP contribution in [-0.4, -0.2) is 16.9 Å². The number of carbonyl (C=O) groups is 2. The molecular formula is C17H14N2O3S. The Balaban J connectivity index is 1.84. The minimum Gasteiger partial charge on any atom is -0.447 e. The van der Waals surface area contributed by atoms with Crippen LogP contribution in [0.1, 0.15) is 18.6 Å². The van der Waals surface area contributed by atoms with Crippen molar-refractivity contribution in [2.24, 2.45) is 0 Å². The van der Waals surface area contributed by atoms with Gasteiger partial charge in [0.25, 0.3) is 5.91 Å². The Labute approximate surface area is 136 Å². The second-order valence-electron chi connectivity index (χ2n) is 4.88. The summed E-state index contributed by atoms with van der Waals surface area (Å²) in [6.45, 7) is 1.28. The number of thiazole rings is 1. The number of rotatable bonds is 4. The number of nitrogens with one attached hydrogen (secondary N) is 1. The summed E-state index contributed by atoms with van der Waals surface area (Å²) in [4.78, 5) is 28.2. The molecule has 116 valence electrons. The Morgan fingerprint density at radius 1 is 1.09 bits per heavy atom. The summed E-state index contributed by atoms with van der Waals surface area (Å²) in [6, 6.07) is 16.5. The molecule has 5 nitrogen and oxygen atoms in total. The highest BCUT2D eigenvalue weighted by Crippen LogP contribution is 2.27. The lowest BCUT2D eigenvalue weighted by molar-refractivity contribution is -0.152. The van der Waals surface area contributed by atoms with Crippen molar-refractivity contribution in [3.8, 4) is 0 Å². The van der Waals surface area contributed by atoms with Gasteiger partial charge in [0.2, 0.25) is 6.10 Å². The number of amides is 1. The van der Waals surface area contributed by atoms with Crippen LogP contribution in [0.15, 0.2) is 54.6 Å². The number of hydrogen-bond donors (Lipinski definition) is 1. The fraction of sp³-hybridized carbons (Fsp3) is 0.118. The molecule has 3 rings (SSSR count). The van der Waals surface area contributed by atoms with Gasteiger partial charge in [-0.2, -0.15) is 0 Å². The average Bonchev–Trinajstić information content (AvgIpc) is 2.95. The van der Waals surface area contributed by atoms with Gasteiger partial charge in [-0.25, -0.2) is 4.98 Å². The van der Waals surface area contributed by atoms with E-state index in [-0.39, 0.29) is 0 Å². The van der Waals surface area contributed by atoms with E-state index in [4.69, 9.17) is 4.74 Å². The standard InChI is InChI=1S/C17H14N2O3S/c1-11(20)22-15(12-7-3-2-4-8-12)16(21)19-17-18-13-9-5-6-10-14(13)23-17/h2-10,15H,1H3,(H,18,19,21)/t15-/m1/s1. The molecule has 2 aromatic carbocycles. The van der Waals surface area contributed by atoms with Crippen LogP contribution < -0.4 is 5.32 Å². The van der Waals surface area contributed by atoms with Crippen molar-refractivity contribution in [3.05, 3.63) is 60.2 Å². The van der Waals surface area contributed by atoms with E-state index in [0.717, 1.165) is 10.2 Å². The maximum Gasteiger partial charge on any atom is 0.303 e. The summed E-state index contributed by atoms with van der Waals surface area (Å²) in [5.74, 6) is -0.941. The molecule has 0 saturated carbocycles. The minimum atomic E-state index is -0.999. The van der Waals surface area contributed by atoms with Gasteiger partial charge in [-0.15, -0.1) is 0 Å². The SMILES string of the molecule is CC(=O)O[C@@H](C(=O)Nc1nc2ccccc2s1)c1ccccc1. The van der Waals surface area contributed by atoms with Crippen molar-refractivity contribution < 1.29 is 14.3 Å². The van der Waals surface area contributed by atoms with E-state index in [1.54, 1.807) is 24.3 Å². The van der Waals surface area contributed by atoms with Crippen molar-refractivity contribution in [2.75, 3.05) is 5.32 Å². The number of anilines is 1. The van der Waals surface area contributed by atoms with Crippen LogP contribution in [-0.2, 0) is 14.3 Å². The Hall–Kier alpha value is -2.73. The van der Waals surface area contributed by atoms with Crippen LogP contribution in [0.4, 0.5) is 5.13 Å². The highest BCUT2D eigenvalue weighted by atomic mass is 32.1. The van der Waals surface area contributed by atoms with Crippen molar-refractivity contribution in [2.45, 2.75) is 13.0 Å². The summed E-state index contributed by atoms with van der Waals surface area (Å²) in [7, 11) is 0. The molecule has 0 unspecified atom stereocenters. The van der Waals surface area contributed by atoms with E-state index >= 15 is 0 Å². The third-order valence-electron chi connectivity index (χ3n) is 3.15. The van der Waals surface area contributed by atoms with Gasteiger partial charge in [0.1, 0.15) is 0 Å². The number of carbonyl (C=O) groups excluding carboxylic acids is 2. The molecular weight excluding hydrogens is 312 g/mol. The van der Waals surface area contributed by atoms with E-state index in [9.17, 15) is 9.59 Å². The van der Waals surface area contributed by atoms with Gasteiger partial charge >= 0.3 is 5.97 Å². The van der Waals surface area contributed by atoms with Crippen LogP contribution >= 0.6 is 11.3 Å². The van der Waals surface area contributed by atoms with Gasteiger partial charge < -0.3 is 4.74 Å². The lowest BCUT2D eigenvalue weighted by atomic mass is 10.1. The summed E-state index contributed by atoms with van der Waals surface area (Å²) in [5, 5.41) is 3.20. The van der Waals surface area contributed by atoms with E-state index in [1.807, 2.05) is 30.3 Å². The molecule has 1 N–H and O–H groups in total. The molecule has 0 fully saturated rings. The Morgan fingerprint density at radius 2 is 1.78 bits per heavy atom. The van der Waals surface area contributed by atoms with Crippen molar-refractivity contribution in [1.29, 1.82) is 0 Å². The largest absolute Gasteiger partial charge is 0.447 e. The van der Waals surface area contributed by atoms with Gasteiger partial charge in [0, 0.05) is 12.5 Å². The van der Waals surface area contributed by atoms with Crippen molar-refractivity contribution in [3.63, 3.8) is 0 Å². The van der Waals surface area contributed by atoms with E-state index in [2.05, 4.69) is 10.3 Å². The normalized spacial score (nSPS) is 11.9. The lowest BCUT2D eigenvalue weighted by Gasteiger charge is -2.16. The van der Waals surface area contributed by atoms with E-state index in [0.29, 0.717) is 10.7 Å². The number of aromatic nitrogens is 1. The second-order valence-corrected chi connectivity index (χ2v) is 5.91. The zero-order valence-electron chi connectivity index (χ0n) is 12.4. The summed E-state index contributed by atoms with van der Waals surface area (Å²) >= 11 is 1.37. The second kappa shape index (κ2) is 6.58. The van der Waals surface area contributed by atoms with Crippen LogP contribution in [0.2, 0.25) is 0 Å². The molecule has 0 bridgehead atoms. The third kappa shape index (κ3) is 3.54. The molecule has 0 spiro atoms. The summed E-state index contributed by atoms with van der Waals surface area (Å²) < 4.78 is 6.15. The molecule has 0 aliphatic rings. The fourth-order valence-corrected chi connectivity index (χ4v) is 3.03. The lowest BCUT2D eigenvalue weighted by Crippen LogP contribution is -2.25.